The van der Waals surface area contributed by atoms with Crippen LogP contribution in [0.25, 0.3) is 5.52 Å². The van der Waals surface area contributed by atoms with Gasteiger partial charge in [0.25, 0.3) is 5.91 Å². The normalized spacial score (nSPS) is 24.3. The molecular weight excluding hydrogens is 485 g/mol. The number of carbonyl (C=O) groups excluding carboxylic acids is 2. The van der Waals surface area contributed by atoms with E-state index in [4.69, 9.17) is 11.6 Å². The lowest BCUT2D eigenvalue weighted by molar-refractivity contribution is -0.142. The van der Waals surface area contributed by atoms with Crippen molar-refractivity contribution in [2.45, 2.75) is 63.2 Å². The van der Waals surface area contributed by atoms with E-state index in [0.717, 1.165) is 38.2 Å². The van der Waals surface area contributed by atoms with Crippen LogP contribution in [0.3, 0.4) is 0 Å². The molecule has 3 aliphatic carbocycles. The third kappa shape index (κ3) is 4.50. The molecule has 3 saturated carbocycles. The Hall–Kier alpha value is -2.33. The van der Waals surface area contributed by atoms with Gasteiger partial charge in [0.05, 0.1) is 23.2 Å². The highest BCUT2D eigenvalue weighted by molar-refractivity contribution is 6.36. The first-order chi connectivity index (χ1) is 16.7. The third-order valence-electron chi connectivity index (χ3n) is 7.74. The smallest absolute Gasteiger partial charge is 0.394 e. The zero-order valence-corrected chi connectivity index (χ0v) is 20.1. The number of aliphatic hydroxyl groups excluding tert-OH is 1. The highest BCUT2D eigenvalue weighted by atomic mass is 35.5. The van der Waals surface area contributed by atoms with Crippen molar-refractivity contribution in [1.82, 2.24) is 19.4 Å². The molecule has 0 aromatic carbocycles. The van der Waals surface area contributed by atoms with E-state index in [1.807, 2.05) is 0 Å². The fourth-order valence-electron chi connectivity index (χ4n) is 5.56. The summed E-state index contributed by atoms with van der Waals surface area (Å²) in [5, 5.41) is 13.9. The summed E-state index contributed by atoms with van der Waals surface area (Å²) in [4.78, 5) is 28.2. The number of rotatable bonds is 9. The number of pyridine rings is 1. The first-order valence-corrected chi connectivity index (χ1v) is 12.5. The van der Waals surface area contributed by atoms with Gasteiger partial charge in [-0.05, 0) is 74.5 Å². The summed E-state index contributed by atoms with van der Waals surface area (Å²) in [6.45, 7) is 1.59. The van der Waals surface area contributed by atoms with Crippen molar-refractivity contribution < 1.29 is 27.9 Å². The minimum atomic E-state index is -4.68. The molecule has 2 aromatic heterocycles. The second-order valence-corrected chi connectivity index (χ2v) is 10.4. The van der Waals surface area contributed by atoms with Gasteiger partial charge in [-0.25, -0.2) is 4.52 Å². The van der Waals surface area contributed by atoms with Gasteiger partial charge in [0.2, 0.25) is 6.41 Å². The number of alkyl halides is 3. The topological polar surface area (TPSA) is 78.2 Å². The van der Waals surface area contributed by atoms with E-state index in [1.54, 1.807) is 17.9 Å². The van der Waals surface area contributed by atoms with Gasteiger partial charge in [-0.1, -0.05) is 11.6 Å². The zero-order chi connectivity index (χ0) is 25.1. The molecule has 1 N–H and O–H groups in total. The predicted molar refractivity (Wildman–Crippen MR) is 122 cm³/mol. The summed E-state index contributed by atoms with van der Waals surface area (Å²) < 4.78 is 42.2. The average Bonchev–Trinajstić information content (AvgIpc) is 3.75. The van der Waals surface area contributed by atoms with E-state index < -0.39 is 30.4 Å². The SMILES string of the molecule is CCN(C(=O)c1nn2c(C(F)(F)F)cc(C3CC3)cc2c1Cl)C(CO)CN(C=O)C1CC2CC2C1. The molecular formula is C24H28ClF3N4O3. The molecule has 0 saturated heterocycles. The van der Waals surface area contributed by atoms with Crippen LogP contribution in [0.15, 0.2) is 12.1 Å². The maximum atomic E-state index is 13.8. The Balaban J connectivity index is 1.45. The van der Waals surface area contributed by atoms with Crippen LogP contribution < -0.4 is 0 Å². The Kier molecular flexibility index (Phi) is 6.24. The van der Waals surface area contributed by atoms with E-state index in [2.05, 4.69) is 5.10 Å². The molecule has 0 aliphatic heterocycles. The molecule has 5 rings (SSSR count). The molecule has 35 heavy (non-hydrogen) atoms. The molecule has 2 heterocycles. The quantitative estimate of drug-likeness (QED) is 0.516. The lowest BCUT2D eigenvalue weighted by Gasteiger charge is -2.35. The van der Waals surface area contributed by atoms with Gasteiger partial charge in [0.15, 0.2) is 5.69 Å². The number of halogens is 4. The number of fused-ring (bicyclic) bond motifs is 2. The van der Waals surface area contributed by atoms with Crippen molar-refractivity contribution in [2.24, 2.45) is 11.8 Å². The van der Waals surface area contributed by atoms with Gasteiger partial charge >= 0.3 is 6.18 Å². The summed E-state index contributed by atoms with van der Waals surface area (Å²) in [7, 11) is 0. The molecule has 0 spiro atoms. The highest BCUT2D eigenvalue weighted by Gasteiger charge is 2.48. The molecule has 3 aliphatic rings. The van der Waals surface area contributed by atoms with Crippen LogP contribution in [0.2, 0.25) is 5.02 Å². The van der Waals surface area contributed by atoms with E-state index in [-0.39, 0.29) is 41.3 Å². The molecule has 7 nitrogen and oxygen atoms in total. The van der Waals surface area contributed by atoms with Crippen LogP contribution in [-0.2, 0) is 11.0 Å². The van der Waals surface area contributed by atoms with Crippen LogP contribution in [-0.4, -0.2) is 68.6 Å². The Morgan fingerprint density at radius 2 is 1.97 bits per heavy atom. The van der Waals surface area contributed by atoms with Crippen LogP contribution in [0.4, 0.5) is 13.2 Å². The molecule has 190 valence electrons. The number of aromatic nitrogens is 2. The number of nitrogens with zero attached hydrogens (tertiary/aromatic N) is 4. The molecule has 0 bridgehead atoms. The van der Waals surface area contributed by atoms with E-state index in [9.17, 15) is 27.9 Å². The molecule has 11 heteroatoms. The molecule has 3 atom stereocenters. The lowest BCUT2D eigenvalue weighted by atomic mass is 10.1. The molecule has 2 amide bonds. The largest absolute Gasteiger partial charge is 0.433 e. The Bertz CT molecular complexity index is 1140. The molecule has 2 aromatic rings. The van der Waals surface area contributed by atoms with Gasteiger partial charge < -0.3 is 14.9 Å². The Morgan fingerprint density at radius 1 is 1.29 bits per heavy atom. The minimum absolute atomic E-state index is 0.0306. The summed E-state index contributed by atoms with van der Waals surface area (Å²) in [6.07, 6.45) is 0.728. The summed E-state index contributed by atoms with van der Waals surface area (Å²) in [5.74, 6) is 0.674. The van der Waals surface area contributed by atoms with Crippen LogP contribution in [0, 0.1) is 11.8 Å². The number of hydrogen-bond acceptors (Lipinski definition) is 4. The van der Waals surface area contributed by atoms with Crippen molar-refractivity contribution in [3.05, 3.63) is 34.1 Å². The number of hydrogen-bond donors (Lipinski definition) is 1. The van der Waals surface area contributed by atoms with E-state index in [1.165, 1.54) is 11.3 Å². The molecule has 3 unspecified atom stereocenters. The maximum absolute atomic E-state index is 13.8. The summed E-state index contributed by atoms with van der Waals surface area (Å²) in [5.41, 5.74) is -0.720. The number of amides is 2. The standard InChI is InChI=1S/C24H28ClF3N4O3/c1-2-31(18(11-33)10-30(12-34)17-6-14-5-15(14)7-17)23(35)22-21(25)19-8-16(13-3-4-13)9-20(24(26,27)28)32(19)29-22/h8-9,12-15,17-18,33H,2-7,10-11H2,1H3. The van der Waals surface area contributed by atoms with Crippen molar-refractivity contribution in [3.63, 3.8) is 0 Å². The van der Waals surface area contributed by atoms with Gasteiger partial charge in [-0.2, -0.15) is 18.3 Å². The Labute approximate surface area is 205 Å². The van der Waals surface area contributed by atoms with Crippen LogP contribution >= 0.6 is 11.6 Å². The van der Waals surface area contributed by atoms with Gasteiger partial charge in [-0.15, -0.1) is 0 Å². The van der Waals surface area contributed by atoms with Gasteiger partial charge in [-0.3, -0.25) is 9.59 Å². The van der Waals surface area contributed by atoms with Crippen molar-refractivity contribution >= 4 is 29.4 Å². The monoisotopic (exact) mass is 512 g/mol. The minimum Gasteiger partial charge on any atom is -0.394 e. The van der Waals surface area contributed by atoms with Crippen LogP contribution in [0.5, 0.6) is 0 Å². The first kappa shape index (κ1) is 24.4. The molecule has 0 radical (unpaired) electrons. The number of likely N-dealkylation sites (N-methyl/N-ethyl adjacent to an activating group) is 1. The highest BCUT2D eigenvalue weighted by Crippen LogP contribution is 2.53. The van der Waals surface area contributed by atoms with E-state index in [0.29, 0.717) is 21.9 Å². The second kappa shape index (κ2) is 8.96. The van der Waals surface area contributed by atoms with Crippen molar-refractivity contribution in [1.29, 1.82) is 0 Å². The lowest BCUT2D eigenvalue weighted by Crippen LogP contribution is -2.50. The maximum Gasteiger partial charge on any atom is 0.433 e. The Morgan fingerprint density at radius 3 is 2.51 bits per heavy atom. The third-order valence-corrected chi connectivity index (χ3v) is 8.11. The average molecular weight is 513 g/mol. The summed E-state index contributed by atoms with van der Waals surface area (Å²) in [6, 6.07) is 1.98. The number of carbonyl (C=O) groups is 2. The van der Waals surface area contributed by atoms with Crippen LogP contribution in [0.1, 0.15) is 66.7 Å². The van der Waals surface area contributed by atoms with Gasteiger partial charge in [0.1, 0.15) is 5.69 Å². The fraction of sp³-hybridized carbons (Fsp3) is 0.625. The van der Waals surface area contributed by atoms with E-state index >= 15 is 0 Å². The molecule has 3 fully saturated rings. The second-order valence-electron chi connectivity index (χ2n) is 10.0. The number of aliphatic hydroxyl groups is 1. The van der Waals surface area contributed by atoms with Crippen molar-refractivity contribution in [2.75, 3.05) is 19.7 Å². The zero-order valence-electron chi connectivity index (χ0n) is 19.3. The summed E-state index contributed by atoms with van der Waals surface area (Å²) >= 11 is 6.45. The first-order valence-electron chi connectivity index (χ1n) is 12.1. The van der Waals surface area contributed by atoms with Crippen molar-refractivity contribution in [3.8, 4) is 0 Å². The predicted octanol–water partition coefficient (Wildman–Crippen LogP) is 3.96. The fourth-order valence-corrected chi connectivity index (χ4v) is 5.82. The van der Waals surface area contributed by atoms with Gasteiger partial charge in [0, 0.05) is 19.1 Å².